The molecule has 0 unspecified atom stereocenters. The molecule has 0 fully saturated rings. The van der Waals surface area contributed by atoms with E-state index in [0.29, 0.717) is 38.7 Å². The number of fused-ring (bicyclic) bond motifs is 3. The minimum absolute atomic E-state index is 0.0824. The zero-order valence-corrected chi connectivity index (χ0v) is 17.3. The Kier molecular flexibility index (Phi) is 4.47. The molecule has 6 heteroatoms. The molecule has 0 atom stereocenters. The Morgan fingerprint density at radius 1 is 1.20 bits per heavy atom. The number of pyridine rings is 1. The first kappa shape index (κ1) is 19.5. The highest BCUT2D eigenvalue weighted by Crippen LogP contribution is 2.30. The van der Waals surface area contributed by atoms with E-state index < -0.39 is 0 Å². The lowest BCUT2D eigenvalue weighted by atomic mass is 9.87. The van der Waals surface area contributed by atoms with Gasteiger partial charge in [-0.15, -0.1) is 0 Å². The first-order chi connectivity index (χ1) is 14.2. The summed E-state index contributed by atoms with van der Waals surface area (Å²) in [5.41, 5.74) is 3.75. The fourth-order valence-electron chi connectivity index (χ4n) is 3.55. The summed E-state index contributed by atoms with van der Waals surface area (Å²) >= 11 is 0. The van der Waals surface area contributed by atoms with E-state index in [1.54, 1.807) is 19.2 Å². The van der Waals surface area contributed by atoms with Crippen LogP contribution < -0.4 is 16.1 Å². The van der Waals surface area contributed by atoms with E-state index in [1.165, 1.54) is 4.40 Å². The van der Waals surface area contributed by atoms with Crippen LogP contribution in [0.3, 0.4) is 0 Å². The van der Waals surface area contributed by atoms with Crippen molar-refractivity contribution >= 4 is 28.6 Å². The third-order valence-electron chi connectivity index (χ3n) is 5.34. The van der Waals surface area contributed by atoms with Gasteiger partial charge in [-0.2, -0.15) is 5.26 Å². The van der Waals surface area contributed by atoms with Crippen molar-refractivity contribution in [2.45, 2.75) is 33.1 Å². The summed E-state index contributed by atoms with van der Waals surface area (Å²) in [6.45, 7) is 8.00. The predicted molar refractivity (Wildman–Crippen MR) is 119 cm³/mol. The van der Waals surface area contributed by atoms with Crippen LogP contribution in [0.1, 0.15) is 37.5 Å². The zero-order chi connectivity index (χ0) is 21.6. The highest BCUT2D eigenvalue weighted by molar-refractivity contribution is 5.82. The van der Waals surface area contributed by atoms with E-state index in [-0.39, 0.29) is 16.7 Å². The van der Waals surface area contributed by atoms with E-state index in [1.807, 2.05) is 36.4 Å². The number of anilines is 1. The number of aromatic hydroxyl groups is 1. The van der Waals surface area contributed by atoms with Gasteiger partial charge in [0.2, 0.25) is 0 Å². The minimum Gasteiger partial charge on any atom is -0.506 e. The van der Waals surface area contributed by atoms with Crippen molar-refractivity contribution < 1.29 is 5.11 Å². The van der Waals surface area contributed by atoms with E-state index in [4.69, 9.17) is 0 Å². The number of para-hydroxylation sites is 2. The smallest absolute Gasteiger partial charge is 0.265 e. The quantitative estimate of drug-likeness (QED) is 0.504. The van der Waals surface area contributed by atoms with Crippen LogP contribution in [0.2, 0.25) is 0 Å². The summed E-state index contributed by atoms with van der Waals surface area (Å²) < 4.78 is 1.47. The van der Waals surface area contributed by atoms with E-state index in [9.17, 15) is 15.2 Å². The lowest BCUT2D eigenvalue weighted by Gasteiger charge is -2.20. The molecular weight excluding hydrogens is 376 g/mol. The SMILES string of the molecule is Cc1c(C#N)c2nc3ccccc3n2c(=O)c1=CNc1cc(C(C)(C)C)ccc1O. The van der Waals surface area contributed by atoms with Crippen molar-refractivity contribution in [2.75, 3.05) is 5.32 Å². The van der Waals surface area contributed by atoms with Crippen LogP contribution in [-0.2, 0) is 5.41 Å². The molecule has 4 aromatic rings. The molecule has 2 aromatic carbocycles. The maximum absolute atomic E-state index is 13.3. The standard InChI is InChI=1S/C24H22N4O2/c1-14-16(12-25)22-27-18-7-5-6-8-20(18)28(22)23(30)17(14)13-26-19-11-15(24(2,3)4)9-10-21(19)29/h5-11,13,26,29H,1-4H3. The molecule has 6 nitrogen and oxygen atoms in total. The zero-order valence-electron chi connectivity index (χ0n) is 17.3. The van der Waals surface area contributed by atoms with Crippen molar-refractivity contribution in [2.24, 2.45) is 0 Å². The average molecular weight is 398 g/mol. The number of nitrogens with zero attached hydrogens (tertiary/aromatic N) is 3. The molecule has 150 valence electrons. The Labute approximate surface area is 173 Å². The second-order valence-electron chi connectivity index (χ2n) is 8.36. The molecule has 0 aliphatic heterocycles. The molecule has 2 heterocycles. The monoisotopic (exact) mass is 398 g/mol. The normalized spacial score (nSPS) is 12.4. The number of phenolic OH excluding ortho intramolecular Hbond substituents is 1. The van der Waals surface area contributed by atoms with Crippen molar-refractivity contribution in [1.29, 1.82) is 5.26 Å². The molecule has 0 saturated heterocycles. The minimum atomic E-state index is -0.269. The van der Waals surface area contributed by atoms with Crippen molar-refractivity contribution in [3.8, 4) is 11.8 Å². The van der Waals surface area contributed by atoms with Crippen LogP contribution in [-0.4, -0.2) is 14.5 Å². The van der Waals surface area contributed by atoms with Crippen molar-refractivity contribution in [1.82, 2.24) is 9.38 Å². The van der Waals surface area contributed by atoms with E-state index >= 15 is 0 Å². The van der Waals surface area contributed by atoms with Gasteiger partial charge in [0, 0.05) is 6.20 Å². The predicted octanol–water partition coefficient (Wildman–Crippen LogP) is 3.60. The van der Waals surface area contributed by atoms with Gasteiger partial charge in [-0.25, -0.2) is 4.98 Å². The lowest BCUT2D eigenvalue weighted by Crippen LogP contribution is -2.34. The van der Waals surface area contributed by atoms with Gasteiger partial charge in [0.25, 0.3) is 5.56 Å². The molecule has 0 radical (unpaired) electrons. The average Bonchev–Trinajstić information content (AvgIpc) is 3.08. The number of benzene rings is 2. The van der Waals surface area contributed by atoms with Gasteiger partial charge in [0.15, 0.2) is 5.65 Å². The van der Waals surface area contributed by atoms with Crippen LogP contribution in [0, 0.1) is 18.3 Å². The highest BCUT2D eigenvalue weighted by Gasteiger charge is 2.17. The van der Waals surface area contributed by atoms with Crippen LogP contribution in [0.4, 0.5) is 5.69 Å². The number of hydrogen-bond acceptors (Lipinski definition) is 5. The van der Waals surface area contributed by atoms with Crippen molar-refractivity contribution in [3.05, 3.63) is 74.7 Å². The number of phenols is 1. The number of nitriles is 1. The first-order valence-electron chi connectivity index (χ1n) is 9.66. The number of aromatic nitrogens is 2. The van der Waals surface area contributed by atoms with E-state index in [0.717, 1.165) is 5.56 Å². The van der Waals surface area contributed by atoms with Crippen LogP contribution >= 0.6 is 0 Å². The van der Waals surface area contributed by atoms with Gasteiger partial charge in [-0.05, 0) is 47.7 Å². The fourth-order valence-corrected chi connectivity index (χ4v) is 3.55. The number of hydrogen-bond donors (Lipinski definition) is 2. The molecule has 30 heavy (non-hydrogen) atoms. The maximum atomic E-state index is 13.3. The molecular formula is C24H22N4O2. The lowest BCUT2D eigenvalue weighted by molar-refractivity contribution is 0.476. The van der Waals surface area contributed by atoms with E-state index in [2.05, 4.69) is 37.1 Å². The Balaban J connectivity index is 1.96. The molecule has 4 rings (SSSR count). The highest BCUT2D eigenvalue weighted by atomic mass is 16.3. The van der Waals surface area contributed by atoms with Gasteiger partial charge in [-0.3, -0.25) is 9.20 Å². The molecule has 2 aromatic heterocycles. The summed E-state index contributed by atoms with van der Waals surface area (Å²) in [5.74, 6) is 0.0824. The summed E-state index contributed by atoms with van der Waals surface area (Å²) in [7, 11) is 0. The van der Waals surface area contributed by atoms with Crippen LogP contribution in [0.25, 0.3) is 22.9 Å². The summed E-state index contributed by atoms with van der Waals surface area (Å²) in [4.78, 5) is 17.8. The molecule has 0 spiro atoms. The fraction of sp³-hybridized carbons (Fsp3) is 0.208. The Hall–Kier alpha value is -3.85. The third kappa shape index (κ3) is 3.05. The molecule has 0 saturated carbocycles. The summed E-state index contributed by atoms with van der Waals surface area (Å²) in [5, 5.41) is 23.4. The number of rotatable bonds is 2. The molecule has 0 bridgehead atoms. The number of imidazole rings is 1. The Bertz CT molecular complexity index is 1450. The van der Waals surface area contributed by atoms with Crippen LogP contribution in [0.5, 0.6) is 5.75 Å². The van der Waals surface area contributed by atoms with Gasteiger partial charge < -0.3 is 10.4 Å². The molecule has 0 amide bonds. The molecule has 0 aliphatic rings. The Morgan fingerprint density at radius 3 is 2.63 bits per heavy atom. The molecule has 2 N–H and O–H groups in total. The van der Waals surface area contributed by atoms with Crippen molar-refractivity contribution in [3.63, 3.8) is 0 Å². The van der Waals surface area contributed by atoms with Gasteiger partial charge in [0.05, 0.1) is 27.5 Å². The topological polar surface area (TPSA) is 90.4 Å². The molecule has 0 aliphatic carbocycles. The summed E-state index contributed by atoms with van der Waals surface area (Å²) in [6.07, 6.45) is 1.55. The maximum Gasteiger partial charge on any atom is 0.265 e. The largest absolute Gasteiger partial charge is 0.506 e. The van der Waals surface area contributed by atoms with Crippen LogP contribution in [0.15, 0.2) is 47.3 Å². The second-order valence-corrected chi connectivity index (χ2v) is 8.36. The third-order valence-corrected chi connectivity index (χ3v) is 5.34. The second kappa shape index (κ2) is 6.89. The van der Waals surface area contributed by atoms with Gasteiger partial charge >= 0.3 is 0 Å². The van der Waals surface area contributed by atoms with Gasteiger partial charge in [0.1, 0.15) is 11.8 Å². The Morgan fingerprint density at radius 2 is 1.93 bits per heavy atom. The number of nitrogens with one attached hydrogen (secondary N) is 1. The first-order valence-corrected chi connectivity index (χ1v) is 9.66. The van der Waals surface area contributed by atoms with Gasteiger partial charge in [-0.1, -0.05) is 39.0 Å². The summed E-state index contributed by atoms with van der Waals surface area (Å²) in [6, 6.07) is 14.9.